The van der Waals surface area contributed by atoms with Gasteiger partial charge in [-0.3, -0.25) is 9.59 Å². The van der Waals surface area contributed by atoms with Gasteiger partial charge in [0.25, 0.3) is 11.7 Å². The molecule has 158 valence electrons. The summed E-state index contributed by atoms with van der Waals surface area (Å²) in [6.45, 7) is 0.199. The standard InChI is InChI=1S/C22H22ClNO6/c1-29-17-5-3-2-4-16(17)19-18(20(26)14-6-8-15(23)9-7-14)21(27)22(28)24(19)10-12-30-13-11-25/h2-9,19,25-26H,10-13H2,1H3. The average Bonchev–Trinajstić information content (AvgIpc) is 3.01. The minimum Gasteiger partial charge on any atom is -0.507 e. The van der Waals surface area contributed by atoms with Crippen LogP contribution in [0.4, 0.5) is 0 Å². The van der Waals surface area contributed by atoms with E-state index >= 15 is 0 Å². The van der Waals surface area contributed by atoms with Crippen LogP contribution in [-0.4, -0.2) is 60.3 Å². The number of ether oxygens (including phenoxy) is 2. The van der Waals surface area contributed by atoms with Crippen molar-refractivity contribution < 1.29 is 29.3 Å². The molecule has 1 amide bonds. The van der Waals surface area contributed by atoms with Gasteiger partial charge < -0.3 is 24.6 Å². The summed E-state index contributed by atoms with van der Waals surface area (Å²) >= 11 is 5.92. The highest BCUT2D eigenvalue weighted by molar-refractivity contribution is 6.46. The lowest BCUT2D eigenvalue weighted by Gasteiger charge is -2.26. The zero-order valence-corrected chi connectivity index (χ0v) is 17.1. The first kappa shape index (κ1) is 21.8. The van der Waals surface area contributed by atoms with Crippen LogP contribution in [0.1, 0.15) is 17.2 Å². The number of carbonyl (C=O) groups is 2. The number of ketones is 1. The highest BCUT2D eigenvalue weighted by atomic mass is 35.5. The molecular weight excluding hydrogens is 410 g/mol. The fourth-order valence-corrected chi connectivity index (χ4v) is 3.55. The van der Waals surface area contributed by atoms with Crippen LogP contribution in [0.25, 0.3) is 5.76 Å². The van der Waals surface area contributed by atoms with E-state index in [9.17, 15) is 14.7 Å². The second-order valence-electron chi connectivity index (χ2n) is 6.58. The smallest absolute Gasteiger partial charge is 0.295 e. The average molecular weight is 432 g/mol. The van der Waals surface area contributed by atoms with Gasteiger partial charge in [-0.1, -0.05) is 29.8 Å². The lowest BCUT2D eigenvalue weighted by molar-refractivity contribution is -0.140. The third-order valence-corrected chi connectivity index (χ3v) is 5.06. The lowest BCUT2D eigenvalue weighted by Crippen LogP contribution is -2.33. The summed E-state index contributed by atoms with van der Waals surface area (Å²) in [4.78, 5) is 27.1. The van der Waals surface area contributed by atoms with Crippen molar-refractivity contribution in [1.82, 2.24) is 4.90 Å². The van der Waals surface area contributed by atoms with Crippen molar-refractivity contribution in [1.29, 1.82) is 0 Å². The fourth-order valence-electron chi connectivity index (χ4n) is 3.42. The number of nitrogens with zero attached hydrogens (tertiary/aromatic N) is 1. The molecule has 30 heavy (non-hydrogen) atoms. The topological polar surface area (TPSA) is 96.3 Å². The normalized spacial score (nSPS) is 18.1. The molecule has 1 saturated heterocycles. The Labute approximate surface area is 179 Å². The van der Waals surface area contributed by atoms with Crippen LogP contribution >= 0.6 is 11.6 Å². The van der Waals surface area contributed by atoms with Gasteiger partial charge in [-0.2, -0.15) is 0 Å². The first-order valence-corrected chi connectivity index (χ1v) is 9.73. The number of hydrogen-bond acceptors (Lipinski definition) is 6. The Morgan fingerprint density at radius 3 is 2.47 bits per heavy atom. The molecule has 0 spiro atoms. The molecule has 2 aromatic rings. The highest BCUT2D eigenvalue weighted by Crippen LogP contribution is 2.42. The van der Waals surface area contributed by atoms with Crippen LogP contribution in [0.5, 0.6) is 5.75 Å². The second-order valence-corrected chi connectivity index (χ2v) is 7.01. The molecule has 1 aliphatic rings. The summed E-state index contributed by atoms with van der Waals surface area (Å²) in [5, 5.41) is 20.3. The van der Waals surface area contributed by atoms with Gasteiger partial charge in [0, 0.05) is 22.7 Å². The van der Waals surface area contributed by atoms with E-state index in [1.807, 2.05) is 0 Å². The number of methoxy groups -OCH3 is 1. The number of Topliss-reactive ketones (excluding diaryl/α,β-unsaturated/α-hetero) is 1. The third kappa shape index (κ3) is 4.33. The van der Waals surface area contributed by atoms with Gasteiger partial charge in [-0.25, -0.2) is 0 Å². The van der Waals surface area contributed by atoms with E-state index in [1.54, 1.807) is 48.5 Å². The summed E-state index contributed by atoms with van der Waals surface area (Å²) in [5.41, 5.74) is 0.902. The molecule has 1 atom stereocenters. The van der Waals surface area contributed by atoms with Crippen LogP contribution in [0.2, 0.25) is 5.02 Å². The predicted octanol–water partition coefficient (Wildman–Crippen LogP) is 2.78. The molecule has 1 unspecified atom stereocenters. The highest BCUT2D eigenvalue weighted by Gasteiger charge is 2.46. The zero-order valence-electron chi connectivity index (χ0n) is 16.4. The van der Waals surface area contributed by atoms with E-state index in [4.69, 9.17) is 26.2 Å². The third-order valence-electron chi connectivity index (χ3n) is 4.80. The van der Waals surface area contributed by atoms with Crippen molar-refractivity contribution in [2.75, 3.05) is 33.5 Å². The molecule has 8 heteroatoms. The minimum atomic E-state index is -0.852. The Bertz CT molecular complexity index is 956. The van der Waals surface area contributed by atoms with E-state index in [0.717, 1.165) is 0 Å². The number of aliphatic hydroxyl groups is 2. The van der Waals surface area contributed by atoms with Gasteiger partial charge in [0.1, 0.15) is 11.5 Å². The Morgan fingerprint density at radius 1 is 1.10 bits per heavy atom. The summed E-state index contributed by atoms with van der Waals surface area (Å²) in [7, 11) is 1.49. The van der Waals surface area contributed by atoms with Crippen molar-refractivity contribution in [3.63, 3.8) is 0 Å². The Morgan fingerprint density at radius 2 is 1.80 bits per heavy atom. The zero-order chi connectivity index (χ0) is 21.7. The first-order chi connectivity index (χ1) is 14.5. The molecule has 1 fully saturated rings. The van der Waals surface area contributed by atoms with Crippen molar-refractivity contribution in [3.8, 4) is 5.75 Å². The SMILES string of the molecule is COc1ccccc1C1C(=C(O)c2ccc(Cl)cc2)C(=O)C(=O)N1CCOCCO. The summed E-state index contributed by atoms with van der Waals surface area (Å²) in [5.74, 6) is -1.35. The molecule has 2 N–H and O–H groups in total. The van der Waals surface area contributed by atoms with Crippen molar-refractivity contribution >= 4 is 29.1 Å². The Hall–Kier alpha value is -2.87. The van der Waals surface area contributed by atoms with Crippen molar-refractivity contribution in [2.24, 2.45) is 0 Å². The minimum absolute atomic E-state index is 0.0334. The first-order valence-electron chi connectivity index (χ1n) is 9.35. The van der Waals surface area contributed by atoms with Crippen molar-refractivity contribution in [2.45, 2.75) is 6.04 Å². The number of aliphatic hydroxyl groups excluding tert-OH is 2. The molecule has 7 nitrogen and oxygen atoms in total. The quantitative estimate of drug-likeness (QED) is 0.289. The van der Waals surface area contributed by atoms with Crippen LogP contribution in [0.15, 0.2) is 54.1 Å². The molecule has 1 heterocycles. The van der Waals surface area contributed by atoms with Gasteiger partial charge in [-0.05, 0) is 30.3 Å². The predicted molar refractivity (Wildman–Crippen MR) is 111 cm³/mol. The number of amides is 1. The second kappa shape index (κ2) is 9.75. The Kier molecular flexibility index (Phi) is 7.10. The number of carbonyl (C=O) groups excluding carboxylic acids is 2. The monoisotopic (exact) mass is 431 g/mol. The van der Waals surface area contributed by atoms with E-state index < -0.39 is 17.7 Å². The lowest BCUT2D eigenvalue weighted by atomic mass is 9.94. The number of rotatable bonds is 8. The van der Waals surface area contributed by atoms with E-state index in [0.29, 0.717) is 21.9 Å². The van der Waals surface area contributed by atoms with Crippen LogP contribution in [-0.2, 0) is 14.3 Å². The van der Waals surface area contributed by atoms with Gasteiger partial charge in [0.05, 0.1) is 38.5 Å². The number of likely N-dealkylation sites (tertiary alicyclic amines) is 1. The van der Waals surface area contributed by atoms with Gasteiger partial charge in [0.2, 0.25) is 0 Å². The van der Waals surface area contributed by atoms with Crippen LogP contribution in [0, 0.1) is 0 Å². The van der Waals surface area contributed by atoms with Crippen molar-refractivity contribution in [3.05, 3.63) is 70.3 Å². The summed E-state index contributed by atoms with van der Waals surface area (Å²) < 4.78 is 10.7. The largest absolute Gasteiger partial charge is 0.507 e. The Balaban J connectivity index is 2.11. The molecule has 0 saturated carbocycles. The molecule has 0 radical (unpaired) electrons. The van der Waals surface area contributed by atoms with Crippen LogP contribution < -0.4 is 4.74 Å². The van der Waals surface area contributed by atoms with E-state index in [-0.39, 0.29) is 37.7 Å². The summed E-state index contributed by atoms with van der Waals surface area (Å²) in [6.07, 6.45) is 0. The molecule has 0 aliphatic carbocycles. The number of para-hydroxylation sites is 1. The molecule has 0 bridgehead atoms. The fraction of sp³-hybridized carbons (Fsp3) is 0.273. The van der Waals surface area contributed by atoms with Gasteiger partial charge in [0.15, 0.2) is 0 Å². The van der Waals surface area contributed by atoms with Gasteiger partial charge in [-0.15, -0.1) is 0 Å². The maximum absolute atomic E-state index is 12.9. The number of benzene rings is 2. The van der Waals surface area contributed by atoms with E-state index in [1.165, 1.54) is 12.0 Å². The number of hydrogen-bond donors (Lipinski definition) is 2. The maximum atomic E-state index is 12.9. The molecule has 2 aromatic carbocycles. The molecule has 3 rings (SSSR count). The summed E-state index contributed by atoms with van der Waals surface area (Å²) in [6, 6.07) is 12.5. The molecular formula is C22H22ClNO6. The molecule has 1 aliphatic heterocycles. The maximum Gasteiger partial charge on any atom is 0.295 e. The van der Waals surface area contributed by atoms with E-state index in [2.05, 4.69) is 0 Å². The number of halogens is 1. The van der Waals surface area contributed by atoms with Gasteiger partial charge >= 0.3 is 0 Å². The molecule has 0 aromatic heterocycles. The van der Waals surface area contributed by atoms with Crippen LogP contribution in [0.3, 0.4) is 0 Å².